The van der Waals surface area contributed by atoms with E-state index in [0.717, 1.165) is 11.3 Å². The molecule has 0 atom stereocenters. The van der Waals surface area contributed by atoms with Crippen LogP contribution in [0.2, 0.25) is 0 Å². The minimum Gasteiger partial charge on any atom is -0.550 e. The second kappa shape index (κ2) is 4.72. The van der Waals surface area contributed by atoms with Crippen molar-refractivity contribution in [2.45, 2.75) is 26.2 Å². The third-order valence-corrected chi connectivity index (χ3v) is 2.14. The zero-order chi connectivity index (χ0) is 11.4. The van der Waals surface area contributed by atoms with Gasteiger partial charge in [-0.15, -0.1) is 0 Å². The van der Waals surface area contributed by atoms with Crippen LogP contribution in [0.4, 0.5) is 0 Å². The van der Waals surface area contributed by atoms with Gasteiger partial charge in [-0.25, -0.2) is 0 Å². The van der Waals surface area contributed by atoms with Crippen molar-refractivity contribution in [2.75, 3.05) is 6.54 Å². The van der Waals surface area contributed by atoms with Crippen molar-refractivity contribution in [3.05, 3.63) is 11.6 Å². The molecule has 1 aliphatic rings. The molecular formula is C10H12NO4-. The van der Waals surface area contributed by atoms with Gasteiger partial charge in [-0.2, -0.15) is 0 Å². The number of carboxylic acid groups (broad SMARTS) is 1. The third-order valence-electron chi connectivity index (χ3n) is 2.14. The van der Waals surface area contributed by atoms with E-state index in [1.807, 2.05) is 6.92 Å². The summed E-state index contributed by atoms with van der Waals surface area (Å²) >= 11 is 0. The van der Waals surface area contributed by atoms with Gasteiger partial charge in [-0.3, -0.25) is 14.5 Å². The summed E-state index contributed by atoms with van der Waals surface area (Å²) < 4.78 is 0. The quantitative estimate of drug-likeness (QED) is 0.558. The maximum atomic E-state index is 11.5. The van der Waals surface area contributed by atoms with Gasteiger partial charge in [-0.1, -0.05) is 13.3 Å². The molecule has 0 spiro atoms. The molecule has 0 aliphatic carbocycles. The van der Waals surface area contributed by atoms with Gasteiger partial charge < -0.3 is 9.90 Å². The number of nitrogens with zero attached hydrogens (tertiary/aromatic N) is 1. The van der Waals surface area contributed by atoms with E-state index in [-0.39, 0.29) is 18.9 Å². The number of carbonyl (C=O) groups is 3. The molecule has 1 aliphatic heterocycles. The first-order valence-corrected chi connectivity index (χ1v) is 4.82. The average Bonchev–Trinajstić information content (AvgIpc) is 2.40. The number of carboxylic acids is 1. The molecule has 0 saturated carbocycles. The first-order chi connectivity index (χ1) is 7.06. The van der Waals surface area contributed by atoms with Gasteiger partial charge in [0.25, 0.3) is 11.8 Å². The third kappa shape index (κ3) is 2.65. The van der Waals surface area contributed by atoms with Gasteiger partial charge in [-0.05, 0) is 6.42 Å². The molecule has 0 aromatic carbocycles. The number of amides is 2. The van der Waals surface area contributed by atoms with Gasteiger partial charge in [0, 0.05) is 30.6 Å². The highest BCUT2D eigenvalue weighted by molar-refractivity contribution is 6.16. The van der Waals surface area contributed by atoms with Crippen molar-refractivity contribution in [3.63, 3.8) is 0 Å². The standard InChI is InChI=1S/C10H13NO4/c1-2-3-7-6-8(12)11(10(7)15)5-4-9(13)14/h6H,2-5H2,1H3,(H,13,14)/p-1. The first kappa shape index (κ1) is 11.4. The van der Waals surface area contributed by atoms with Gasteiger partial charge in [0.1, 0.15) is 0 Å². The van der Waals surface area contributed by atoms with Crippen molar-refractivity contribution in [3.8, 4) is 0 Å². The molecular weight excluding hydrogens is 198 g/mol. The van der Waals surface area contributed by atoms with Crippen molar-refractivity contribution < 1.29 is 19.5 Å². The summed E-state index contributed by atoms with van der Waals surface area (Å²) in [6.45, 7) is 1.80. The molecule has 15 heavy (non-hydrogen) atoms. The Morgan fingerprint density at radius 2 is 2.13 bits per heavy atom. The van der Waals surface area contributed by atoms with Crippen molar-refractivity contribution in [1.29, 1.82) is 0 Å². The van der Waals surface area contributed by atoms with Crippen LogP contribution in [0.25, 0.3) is 0 Å². The molecule has 0 aromatic heterocycles. The van der Waals surface area contributed by atoms with Gasteiger partial charge >= 0.3 is 0 Å². The fourth-order valence-corrected chi connectivity index (χ4v) is 1.43. The zero-order valence-corrected chi connectivity index (χ0v) is 8.49. The number of hydrogen-bond acceptors (Lipinski definition) is 4. The Hall–Kier alpha value is -1.65. The molecule has 0 aromatic rings. The lowest BCUT2D eigenvalue weighted by atomic mass is 10.1. The largest absolute Gasteiger partial charge is 0.550 e. The van der Waals surface area contributed by atoms with Gasteiger partial charge in [0.15, 0.2) is 0 Å². The van der Waals surface area contributed by atoms with E-state index in [1.165, 1.54) is 6.08 Å². The Balaban J connectivity index is 2.60. The van der Waals surface area contributed by atoms with E-state index in [9.17, 15) is 19.5 Å². The molecule has 0 fully saturated rings. The maximum Gasteiger partial charge on any atom is 0.256 e. The van der Waals surface area contributed by atoms with Crippen molar-refractivity contribution in [1.82, 2.24) is 4.90 Å². The van der Waals surface area contributed by atoms with Gasteiger partial charge in [0.2, 0.25) is 0 Å². The number of rotatable bonds is 5. The summed E-state index contributed by atoms with van der Waals surface area (Å²) in [5, 5.41) is 10.2. The fourth-order valence-electron chi connectivity index (χ4n) is 1.43. The van der Waals surface area contributed by atoms with Crippen molar-refractivity contribution in [2.24, 2.45) is 0 Å². The lowest BCUT2D eigenvalue weighted by Crippen LogP contribution is -2.35. The van der Waals surface area contributed by atoms with E-state index in [4.69, 9.17) is 0 Å². The molecule has 82 valence electrons. The van der Waals surface area contributed by atoms with Crippen molar-refractivity contribution >= 4 is 17.8 Å². The normalized spacial score (nSPS) is 15.8. The van der Waals surface area contributed by atoms with E-state index in [2.05, 4.69) is 0 Å². The summed E-state index contributed by atoms with van der Waals surface area (Å²) in [6.07, 6.45) is 2.29. The summed E-state index contributed by atoms with van der Waals surface area (Å²) in [5.74, 6) is -2.06. The Bertz CT molecular complexity index is 332. The highest BCUT2D eigenvalue weighted by Crippen LogP contribution is 2.17. The van der Waals surface area contributed by atoms with Crippen LogP contribution in [0.3, 0.4) is 0 Å². The smallest absolute Gasteiger partial charge is 0.256 e. The number of imide groups is 1. The molecule has 0 bridgehead atoms. The molecule has 1 heterocycles. The van der Waals surface area contributed by atoms with Crippen LogP contribution >= 0.6 is 0 Å². The molecule has 0 saturated heterocycles. The average molecular weight is 210 g/mol. The molecule has 0 radical (unpaired) electrons. The van der Waals surface area contributed by atoms with E-state index in [1.54, 1.807) is 0 Å². The predicted octanol–water partition coefficient (Wildman–Crippen LogP) is -0.778. The lowest BCUT2D eigenvalue weighted by molar-refractivity contribution is -0.305. The summed E-state index contributed by atoms with van der Waals surface area (Å²) in [4.78, 5) is 34.0. The van der Waals surface area contributed by atoms with Crippen LogP contribution in [0, 0.1) is 0 Å². The Morgan fingerprint density at radius 1 is 1.47 bits per heavy atom. The lowest BCUT2D eigenvalue weighted by Gasteiger charge is -2.14. The van der Waals surface area contributed by atoms with E-state index < -0.39 is 11.9 Å². The number of carbonyl (C=O) groups excluding carboxylic acids is 3. The minimum absolute atomic E-state index is 0.107. The fraction of sp³-hybridized carbons (Fsp3) is 0.500. The zero-order valence-electron chi connectivity index (χ0n) is 8.49. The predicted molar refractivity (Wildman–Crippen MR) is 49.3 cm³/mol. The van der Waals surface area contributed by atoms with Crippen LogP contribution in [-0.4, -0.2) is 29.2 Å². The van der Waals surface area contributed by atoms with Crippen LogP contribution in [0.5, 0.6) is 0 Å². The summed E-state index contributed by atoms with van der Waals surface area (Å²) in [7, 11) is 0. The molecule has 5 nitrogen and oxygen atoms in total. The van der Waals surface area contributed by atoms with Crippen LogP contribution in [-0.2, 0) is 14.4 Å². The topological polar surface area (TPSA) is 77.5 Å². The summed E-state index contributed by atoms with van der Waals surface area (Å²) in [6, 6.07) is 0. The molecule has 5 heteroatoms. The van der Waals surface area contributed by atoms with E-state index in [0.29, 0.717) is 12.0 Å². The molecule has 0 N–H and O–H groups in total. The monoisotopic (exact) mass is 210 g/mol. The van der Waals surface area contributed by atoms with Crippen LogP contribution < -0.4 is 5.11 Å². The van der Waals surface area contributed by atoms with Gasteiger partial charge in [0.05, 0.1) is 0 Å². The first-order valence-electron chi connectivity index (χ1n) is 4.82. The number of hydrogen-bond donors (Lipinski definition) is 0. The SMILES string of the molecule is CCCC1=CC(=O)N(CCC(=O)[O-])C1=O. The van der Waals surface area contributed by atoms with E-state index >= 15 is 0 Å². The Labute approximate surface area is 87.4 Å². The van der Waals surface area contributed by atoms with Crippen LogP contribution in [0.15, 0.2) is 11.6 Å². The maximum absolute atomic E-state index is 11.5. The summed E-state index contributed by atoms with van der Waals surface area (Å²) in [5.41, 5.74) is 0.459. The molecule has 1 rings (SSSR count). The second-order valence-corrected chi connectivity index (χ2v) is 3.34. The second-order valence-electron chi connectivity index (χ2n) is 3.34. The highest BCUT2D eigenvalue weighted by Gasteiger charge is 2.29. The molecule has 2 amide bonds. The highest BCUT2D eigenvalue weighted by atomic mass is 16.4. The Kier molecular flexibility index (Phi) is 3.60. The number of aliphatic carboxylic acids is 1. The van der Waals surface area contributed by atoms with Crippen LogP contribution in [0.1, 0.15) is 26.2 Å². The minimum atomic E-state index is -1.26. The Morgan fingerprint density at radius 3 is 2.67 bits per heavy atom. The molecule has 0 unspecified atom stereocenters.